The van der Waals surface area contributed by atoms with Crippen LogP contribution in [-0.4, -0.2) is 11.3 Å². The fraction of sp³-hybridized carbons (Fsp3) is 0.429. The number of hydrogen-bond donors (Lipinski definition) is 2. The second kappa shape index (κ2) is 4.15. The maximum Gasteiger partial charge on any atom is 0.143 e. The fourth-order valence-electron chi connectivity index (χ4n) is 0.370. The zero-order chi connectivity index (χ0) is 7.28. The van der Waals surface area contributed by atoms with Crippen molar-refractivity contribution < 1.29 is 5.11 Å². The van der Waals surface area contributed by atoms with Crippen LogP contribution in [0.3, 0.4) is 0 Å². The molecule has 0 aromatic carbocycles. The van der Waals surface area contributed by atoms with Crippen molar-refractivity contribution in [3.05, 3.63) is 24.9 Å². The zero-order valence-corrected chi connectivity index (χ0v) is 5.72. The molecule has 0 saturated carbocycles. The van der Waals surface area contributed by atoms with E-state index in [0.29, 0.717) is 0 Å². The Hall–Kier alpha value is -0.760. The van der Waals surface area contributed by atoms with Crippen LogP contribution in [0.25, 0.3) is 0 Å². The predicted molar refractivity (Wildman–Crippen MR) is 38.8 cm³/mol. The van der Waals surface area contributed by atoms with Crippen molar-refractivity contribution in [2.75, 3.05) is 0 Å². The van der Waals surface area contributed by atoms with Gasteiger partial charge >= 0.3 is 0 Å². The van der Waals surface area contributed by atoms with E-state index < -0.39 is 6.23 Å². The number of aliphatic hydroxyl groups is 1. The van der Waals surface area contributed by atoms with Crippen LogP contribution in [0.4, 0.5) is 0 Å². The van der Waals surface area contributed by atoms with Crippen molar-refractivity contribution in [1.29, 1.82) is 0 Å². The lowest BCUT2D eigenvalue weighted by Crippen LogP contribution is -2.24. The van der Waals surface area contributed by atoms with Gasteiger partial charge in [-0.3, -0.25) is 0 Å². The third kappa shape index (κ3) is 3.79. The van der Waals surface area contributed by atoms with Gasteiger partial charge in [0.1, 0.15) is 6.23 Å². The molecule has 0 fully saturated rings. The van der Waals surface area contributed by atoms with Crippen molar-refractivity contribution in [2.24, 2.45) is 0 Å². The molecule has 0 amide bonds. The molecule has 2 nitrogen and oxygen atoms in total. The van der Waals surface area contributed by atoms with Crippen molar-refractivity contribution in [3.63, 3.8) is 0 Å². The van der Waals surface area contributed by atoms with Gasteiger partial charge in [0.05, 0.1) is 0 Å². The van der Waals surface area contributed by atoms with Gasteiger partial charge in [-0.05, 0) is 12.5 Å². The van der Waals surface area contributed by atoms with Crippen LogP contribution < -0.4 is 5.32 Å². The molecule has 0 aromatic heterocycles. The minimum atomic E-state index is -0.655. The van der Waals surface area contributed by atoms with Crippen LogP contribution in [0.2, 0.25) is 0 Å². The molecule has 0 rings (SSSR count). The standard InChI is InChI=1S/C7H13NO/c1-4-6(3)8-7(9)5-2/h5,7-9H,2-4H2,1H3. The highest BCUT2D eigenvalue weighted by Gasteiger charge is 1.94. The van der Waals surface area contributed by atoms with Gasteiger partial charge in [0.2, 0.25) is 0 Å². The first-order valence-electron chi connectivity index (χ1n) is 2.95. The molecular weight excluding hydrogens is 114 g/mol. The first kappa shape index (κ1) is 8.24. The summed E-state index contributed by atoms with van der Waals surface area (Å²) in [6, 6.07) is 0. The van der Waals surface area contributed by atoms with Gasteiger partial charge in [0.15, 0.2) is 0 Å². The Balaban J connectivity index is 3.46. The average molecular weight is 127 g/mol. The number of aliphatic hydroxyl groups excluding tert-OH is 1. The summed E-state index contributed by atoms with van der Waals surface area (Å²) in [5.41, 5.74) is 0.822. The number of allylic oxidation sites excluding steroid dienone is 1. The van der Waals surface area contributed by atoms with Gasteiger partial charge < -0.3 is 10.4 Å². The summed E-state index contributed by atoms with van der Waals surface area (Å²) in [5.74, 6) is 0. The molecule has 0 aromatic rings. The highest BCUT2D eigenvalue weighted by atomic mass is 16.3. The molecular formula is C7H13NO. The number of hydrogen-bond acceptors (Lipinski definition) is 2. The predicted octanol–water partition coefficient (Wildman–Crippen LogP) is 1.00. The average Bonchev–Trinajstić information content (AvgIpc) is 1.87. The highest BCUT2D eigenvalue weighted by molar-refractivity contribution is 4.93. The smallest absolute Gasteiger partial charge is 0.143 e. The van der Waals surface area contributed by atoms with Crippen LogP contribution in [0.1, 0.15) is 13.3 Å². The molecule has 0 aliphatic heterocycles. The largest absolute Gasteiger partial charge is 0.370 e. The van der Waals surface area contributed by atoms with Gasteiger partial charge in [0, 0.05) is 5.70 Å². The lowest BCUT2D eigenvalue weighted by atomic mass is 10.3. The second-order valence-electron chi connectivity index (χ2n) is 1.78. The molecule has 1 atom stereocenters. The van der Waals surface area contributed by atoms with E-state index in [1.54, 1.807) is 0 Å². The van der Waals surface area contributed by atoms with Gasteiger partial charge in [-0.1, -0.05) is 20.1 Å². The molecule has 2 heteroatoms. The molecule has 9 heavy (non-hydrogen) atoms. The van der Waals surface area contributed by atoms with E-state index in [2.05, 4.69) is 18.5 Å². The van der Waals surface area contributed by atoms with E-state index in [1.165, 1.54) is 6.08 Å². The Morgan fingerprint density at radius 2 is 2.44 bits per heavy atom. The molecule has 0 spiro atoms. The normalized spacial score (nSPS) is 12.2. The minimum Gasteiger partial charge on any atom is -0.370 e. The molecule has 0 heterocycles. The first-order chi connectivity index (χ1) is 4.20. The molecule has 0 aliphatic carbocycles. The fourth-order valence-corrected chi connectivity index (χ4v) is 0.370. The Bertz CT molecular complexity index is 109. The van der Waals surface area contributed by atoms with Gasteiger partial charge in [0.25, 0.3) is 0 Å². The molecule has 0 saturated heterocycles. The molecule has 1 unspecified atom stereocenters. The van der Waals surface area contributed by atoms with Crippen LogP contribution in [0, 0.1) is 0 Å². The SMILES string of the molecule is C=CC(O)NC(=C)CC. The summed E-state index contributed by atoms with van der Waals surface area (Å²) < 4.78 is 0. The van der Waals surface area contributed by atoms with E-state index in [-0.39, 0.29) is 0 Å². The second-order valence-corrected chi connectivity index (χ2v) is 1.78. The summed E-state index contributed by atoms with van der Waals surface area (Å²) in [6.07, 6.45) is 1.59. The van der Waals surface area contributed by atoms with Crippen molar-refractivity contribution in [1.82, 2.24) is 5.32 Å². The topological polar surface area (TPSA) is 32.3 Å². The third-order valence-electron chi connectivity index (χ3n) is 1.00. The molecule has 52 valence electrons. The zero-order valence-electron chi connectivity index (χ0n) is 5.72. The van der Waals surface area contributed by atoms with E-state index in [4.69, 9.17) is 5.11 Å². The Labute approximate surface area is 55.9 Å². The third-order valence-corrected chi connectivity index (χ3v) is 1.00. The number of nitrogens with one attached hydrogen (secondary N) is 1. The summed E-state index contributed by atoms with van der Waals surface area (Å²) >= 11 is 0. The monoisotopic (exact) mass is 127 g/mol. The maximum absolute atomic E-state index is 8.87. The van der Waals surface area contributed by atoms with Crippen molar-refractivity contribution in [3.8, 4) is 0 Å². The quantitative estimate of drug-likeness (QED) is 0.436. The van der Waals surface area contributed by atoms with Crippen molar-refractivity contribution in [2.45, 2.75) is 19.6 Å². The Morgan fingerprint density at radius 1 is 1.89 bits per heavy atom. The Kier molecular flexibility index (Phi) is 3.80. The molecule has 0 bridgehead atoms. The summed E-state index contributed by atoms with van der Waals surface area (Å²) in [5, 5.41) is 11.6. The van der Waals surface area contributed by atoms with Crippen LogP contribution in [0.15, 0.2) is 24.9 Å². The number of rotatable bonds is 4. The lowest BCUT2D eigenvalue weighted by molar-refractivity contribution is 0.197. The summed E-state index contributed by atoms with van der Waals surface area (Å²) in [7, 11) is 0. The summed E-state index contributed by atoms with van der Waals surface area (Å²) in [4.78, 5) is 0. The van der Waals surface area contributed by atoms with E-state index in [9.17, 15) is 0 Å². The lowest BCUT2D eigenvalue weighted by Gasteiger charge is -2.09. The van der Waals surface area contributed by atoms with Crippen LogP contribution >= 0.6 is 0 Å². The van der Waals surface area contributed by atoms with Crippen LogP contribution in [0.5, 0.6) is 0 Å². The van der Waals surface area contributed by atoms with E-state index in [0.717, 1.165) is 12.1 Å². The van der Waals surface area contributed by atoms with Gasteiger partial charge in [-0.2, -0.15) is 0 Å². The Morgan fingerprint density at radius 3 is 2.78 bits per heavy atom. The molecule has 0 aliphatic rings. The summed E-state index contributed by atoms with van der Waals surface area (Å²) in [6.45, 7) is 9.00. The minimum absolute atomic E-state index is 0.655. The maximum atomic E-state index is 8.87. The highest BCUT2D eigenvalue weighted by Crippen LogP contribution is 1.91. The van der Waals surface area contributed by atoms with Crippen LogP contribution in [-0.2, 0) is 0 Å². The molecule has 0 radical (unpaired) electrons. The molecule has 2 N–H and O–H groups in total. The first-order valence-corrected chi connectivity index (χ1v) is 2.95. The van der Waals surface area contributed by atoms with Gasteiger partial charge in [-0.15, -0.1) is 0 Å². The van der Waals surface area contributed by atoms with Gasteiger partial charge in [-0.25, -0.2) is 0 Å². The van der Waals surface area contributed by atoms with E-state index >= 15 is 0 Å². The van der Waals surface area contributed by atoms with Crippen molar-refractivity contribution >= 4 is 0 Å². The van der Waals surface area contributed by atoms with E-state index in [1.807, 2.05) is 6.92 Å².